The number of piperazine rings is 1. The summed E-state index contributed by atoms with van der Waals surface area (Å²) in [6.45, 7) is 5.68. The van der Waals surface area contributed by atoms with Gasteiger partial charge >= 0.3 is 0 Å². The SMILES string of the molecule is CN1CCN(CCCNC(=O)c2cnccc2Nc2nc(-c3cccc(C(F)F)n3)nn3cccc23)CC1. The number of nitrogens with zero attached hydrogens (tertiary/aromatic N) is 7. The molecule has 4 aromatic rings. The van der Waals surface area contributed by atoms with Crippen molar-refractivity contribution >= 4 is 22.9 Å². The van der Waals surface area contributed by atoms with E-state index in [2.05, 4.69) is 47.5 Å². The van der Waals surface area contributed by atoms with Gasteiger partial charge in [-0.25, -0.2) is 23.3 Å². The maximum Gasteiger partial charge on any atom is 0.280 e. The molecule has 0 saturated carbocycles. The van der Waals surface area contributed by atoms with E-state index in [-0.39, 0.29) is 23.1 Å². The van der Waals surface area contributed by atoms with E-state index < -0.39 is 6.43 Å². The maximum absolute atomic E-state index is 13.2. The predicted octanol–water partition coefficient (Wildman–Crippen LogP) is 3.23. The minimum absolute atomic E-state index is 0.169. The molecule has 12 heteroatoms. The number of hydrogen-bond acceptors (Lipinski definition) is 8. The lowest BCUT2D eigenvalue weighted by atomic mass is 10.2. The van der Waals surface area contributed by atoms with E-state index >= 15 is 0 Å². The molecule has 1 amide bonds. The minimum Gasteiger partial charge on any atom is -0.352 e. The first kappa shape index (κ1) is 25.6. The Hall–Kier alpha value is -4.03. The molecule has 1 aliphatic rings. The summed E-state index contributed by atoms with van der Waals surface area (Å²) in [4.78, 5) is 30.4. The van der Waals surface area contributed by atoms with E-state index in [1.54, 1.807) is 35.1 Å². The van der Waals surface area contributed by atoms with E-state index in [4.69, 9.17) is 0 Å². The summed E-state index contributed by atoms with van der Waals surface area (Å²) >= 11 is 0. The third-order valence-electron chi connectivity index (χ3n) is 6.47. The molecule has 0 unspecified atom stereocenters. The van der Waals surface area contributed by atoms with Gasteiger partial charge in [0.2, 0.25) is 5.82 Å². The highest BCUT2D eigenvalue weighted by molar-refractivity contribution is 6.00. The van der Waals surface area contributed by atoms with Gasteiger partial charge in [-0.15, -0.1) is 5.10 Å². The van der Waals surface area contributed by atoms with Crippen LogP contribution in [0.5, 0.6) is 0 Å². The van der Waals surface area contributed by atoms with Crippen molar-refractivity contribution in [3.63, 3.8) is 0 Å². The van der Waals surface area contributed by atoms with Gasteiger partial charge in [0, 0.05) is 51.3 Å². The molecule has 1 saturated heterocycles. The van der Waals surface area contributed by atoms with Crippen LogP contribution in [0.1, 0.15) is 28.9 Å². The van der Waals surface area contributed by atoms with Crippen molar-refractivity contribution in [1.82, 2.24) is 39.7 Å². The third-order valence-corrected chi connectivity index (χ3v) is 6.47. The Balaban J connectivity index is 1.32. The molecule has 38 heavy (non-hydrogen) atoms. The van der Waals surface area contributed by atoms with Gasteiger partial charge in [0.1, 0.15) is 16.9 Å². The maximum atomic E-state index is 13.2. The quantitative estimate of drug-likeness (QED) is 0.324. The highest BCUT2D eigenvalue weighted by Gasteiger charge is 2.18. The van der Waals surface area contributed by atoms with Gasteiger partial charge in [-0.1, -0.05) is 6.07 Å². The number of aromatic nitrogens is 5. The molecule has 0 radical (unpaired) electrons. The van der Waals surface area contributed by atoms with Crippen LogP contribution in [0.25, 0.3) is 17.0 Å². The van der Waals surface area contributed by atoms with Crippen LogP contribution in [-0.4, -0.2) is 86.6 Å². The Morgan fingerprint density at radius 2 is 1.92 bits per heavy atom. The van der Waals surface area contributed by atoms with Crippen molar-refractivity contribution in [1.29, 1.82) is 0 Å². The number of alkyl halides is 2. The molecule has 1 aliphatic heterocycles. The van der Waals surface area contributed by atoms with E-state index in [9.17, 15) is 13.6 Å². The molecular formula is C26H29F2N9O. The lowest BCUT2D eigenvalue weighted by Gasteiger charge is -2.32. The molecular weight excluding hydrogens is 492 g/mol. The predicted molar refractivity (Wildman–Crippen MR) is 140 cm³/mol. The van der Waals surface area contributed by atoms with E-state index in [1.165, 1.54) is 18.3 Å². The molecule has 4 aromatic heterocycles. The van der Waals surface area contributed by atoms with Crippen molar-refractivity contribution in [2.24, 2.45) is 0 Å². The summed E-state index contributed by atoms with van der Waals surface area (Å²) in [7, 11) is 2.13. The smallest absolute Gasteiger partial charge is 0.280 e. The zero-order valence-electron chi connectivity index (χ0n) is 21.0. The third kappa shape index (κ3) is 5.92. The van der Waals surface area contributed by atoms with Gasteiger partial charge in [-0.2, -0.15) is 0 Å². The first-order valence-electron chi connectivity index (χ1n) is 12.5. The molecule has 0 atom stereocenters. The van der Waals surface area contributed by atoms with Gasteiger partial charge in [-0.3, -0.25) is 9.78 Å². The van der Waals surface area contributed by atoms with Crippen molar-refractivity contribution in [2.75, 3.05) is 51.6 Å². The van der Waals surface area contributed by atoms with Crippen LogP contribution in [0.3, 0.4) is 0 Å². The minimum atomic E-state index is -2.71. The van der Waals surface area contributed by atoms with Gasteiger partial charge in [0.25, 0.3) is 12.3 Å². The lowest BCUT2D eigenvalue weighted by Crippen LogP contribution is -2.45. The number of hydrogen-bond donors (Lipinski definition) is 2. The lowest BCUT2D eigenvalue weighted by molar-refractivity contribution is 0.0950. The second kappa shape index (κ2) is 11.6. The summed E-state index contributed by atoms with van der Waals surface area (Å²) in [6, 6.07) is 9.63. The van der Waals surface area contributed by atoms with E-state index in [0.717, 1.165) is 39.1 Å². The fourth-order valence-electron chi connectivity index (χ4n) is 4.32. The number of likely N-dealkylation sites (N-methyl/N-ethyl adjacent to an activating group) is 1. The zero-order valence-corrected chi connectivity index (χ0v) is 21.0. The summed E-state index contributed by atoms with van der Waals surface area (Å²) in [5, 5.41) is 10.6. The Morgan fingerprint density at radius 3 is 2.74 bits per heavy atom. The monoisotopic (exact) mass is 521 g/mol. The van der Waals surface area contributed by atoms with Crippen molar-refractivity contribution in [2.45, 2.75) is 12.8 Å². The Labute approximate surface area is 218 Å². The first-order valence-corrected chi connectivity index (χ1v) is 12.5. The average molecular weight is 522 g/mol. The zero-order chi connectivity index (χ0) is 26.5. The van der Waals surface area contributed by atoms with E-state index in [0.29, 0.717) is 29.1 Å². The molecule has 0 spiro atoms. The number of carbonyl (C=O) groups is 1. The molecule has 0 aromatic carbocycles. The van der Waals surface area contributed by atoms with Gasteiger partial charge in [-0.05, 0) is 50.3 Å². The average Bonchev–Trinajstić information content (AvgIpc) is 3.41. The number of amides is 1. The van der Waals surface area contributed by atoms with Crippen LogP contribution in [0.4, 0.5) is 20.3 Å². The summed E-state index contributed by atoms with van der Waals surface area (Å²) < 4.78 is 28.0. The van der Waals surface area contributed by atoms with Crippen LogP contribution >= 0.6 is 0 Å². The topological polar surface area (TPSA) is 104 Å². The molecule has 5 rings (SSSR count). The first-order chi connectivity index (χ1) is 18.5. The van der Waals surface area contributed by atoms with Gasteiger partial charge in [0.15, 0.2) is 5.82 Å². The normalized spacial score (nSPS) is 14.7. The van der Waals surface area contributed by atoms with Crippen LogP contribution in [-0.2, 0) is 0 Å². The second-order valence-electron chi connectivity index (χ2n) is 9.17. The summed E-state index contributed by atoms with van der Waals surface area (Å²) in [6.07, 6.45) is 2.95. The van der Waals surface area contributed by atoms with Crippen LogP contribution < -0.4 is 10.6 Å². The highest BCUT2D eigenvalue weighted by atomic mass is 19.3. The molecule has 0 bridgehead atoms. The summed E-state index contributed by atoms with van der Waals surface area (Å²) in [5.74, 6) is 0.327. The fourth-order valence-corrected chi connectivity index (χ4v) is 4.32. The number of nitrogens with one attached hydrogen (secondary N) is 2. The highest BCUT2D eigenvalue weighted by Crippen LogP contribution is 2.26. The van der Waals surface area contributed by atoms with Gasteiger partial charge < -0.3 is 20.4 Å². The number of pyridine rings is 2. The Kier molecular flexibility index (Phi) is 7.80. The Bertz CT molecular complexity index is 1400. The summed E-state index contributed by atoms with van der Waals surface area (Å²) in [5.41, 5.74) is 1.39. The van der Waals surface area contributed by atoms with Crippen molar-refractivity contribution < 1.29 is 13.6 Å². The fraction of sp³-hybridized carbons (Fsp3) is 0.346. The molecule has 2 N–H and O–H groups in total. The molecule has 198 valence electrons. The van der Waals surface area contributed by atoms with E-state index in [1.807, 2.05) is 6.07 Å². The number of halogens is 2. The van der Waals surface area contributed by atoms with Crippen LogP contribution in [0, 0.1) is 0 Å². The molecule has 10 nitrogen and oxygen atoms in total. The number of rotatable bonds is 9. The van der Waals surface area contributed by atoms with Gasteiger partial charge in [0.05, 0.1) is 11.3 Å². The van der Waals surface area contributed by atoms with Crippen LogP contribution in [0.2, 0.25) is 0 Å². The number of carbonyl (C=O) groups excluding carboxylic acids is 1. The molecule has 0 aliphatic carbocycles. The second-order valence-corrected chi connectivity index (χ2v) is 9.17. The standard InChI is InChI=1S/C26H29F2N9O/c1-35-13-15-36(16-14-35)11-4-9-30-26(38)18-17-29-10-8-19(18)32-25-22-7-3-12-37(22)34-24(33-25)21-6-2-5-20(31-21)23(27)28/h2-3,5-8,10,12,17,23H,4,9,11,13-16H2,1H3,(H,30,38)(H,29,32,33,34). The van der Waals surface area contributed by atoms with Crippen molar-refractivity contribution in [3.8, 4) is 11.5 Å². The Morgan fingerprint density at radius 1 is 1.08 bits per heavy atom. The largest absolute Gasteiger partial charge is 0.352 e. The molecule has 1 fully saturated rings. The van der Waals surface area contributed by atoms with Crippen LogP contribution in [0.15, 0.2) is 55.0 Å². The van der Waals surface area contributed by atoms with Crippen molar-refractivity contribution in [3.05, 3.63) is 66.2 Å². The number of anilines is 2. The molecule has 5 heterocycles. The number of fused-ring (bicyclic) bond motifs is 1.